The summed E-state index contributed by atoms with van der Waals surface area (Å²) < 4.78 is 43.1. The van der Waals surface area contributed by atoms with Gasteiger partial charge in [-0.3, -0.25) is 4.79 Å². The quantitative estimate of drug-likeness (QED) is 0.139. The highest BCUT2D eigenvalue weighted by Gasteiger charge is 2.41. The van der Waals surface area contributed by atoms with E-state index in [1.165, 1.54) is 35.6 Å². The second kappa shape index (κ2) is 14.2. The van der Waals surface area contributed by atoms with Gasteiger partial charge in [0, 0.05) is 22.5 Å². The highest BCUT2D eigenvalue weighted by molar-refractivity contribution is 7.87. The molecule has 3 atom stereocenters. The number of phenolic OH excluding ortho intramolecular Hbond substituents is 1. The van der Waals surface area contributed by atoms with Gasteiger partial charge < -0.3 is 39.2 Å². The lowest BCUT2D eigenvalue weighted by Gasteiger charge is -2.46. The Morgan fingerprint density at radius 3 is 2.44 bits per heavy atom. The maximum atomic E-state index is 14.2. The number of anilines is 1. The van der Waals surface area contributed by atoms with E-state index in [0.717, 1.165) is 24.1 Å². The monoisotopic (exact) mass is 721 g/mol. The number of piperidine rings is 1. The summed E-state index contributed by atoms with van der Waals surface area (Å²) in [5.74, 6) is 0.941. The molecule has 0 saturated carbocycles. The zero-order chi connectivity index (χ0) is 35.6. The van der Waals surface area contributed by atoms with Crippen molar-refractivity contribution in [3.8, 4) is 23.0 Å². The minimum atomic E-state index is -4.05. The highest BCUT2D eigenvalue weighted by Crippen LogP contribution is 2.35. The van der Waals surface area contributed by atoms with Gasteiger partial charge in [-0.15, -0.1) is 11.3 Å². The summed E-state index contributed by atoms with van der Waals surface area (Å²) in [6.45, 7) is 5.75. The highest BCUT2D eigenvalue weighted by atomic mass is 32.2. The number of nitrogens with zero attached hydrogens (tertiary/aromatic N) is 2. The fourth-order valence-corrected chi connectivity index (χ4v) is 9.41. The molecule has 3 amide bonds. The summed E-state index contributed by atoms with van der Waals surface area (Å²) in [7, 11) is -1.92. The Hall–Kier alpha value is -4.79. The van der Waals surface area contributed by atoms with Gasteiger partial charge in [0.05, 0.1) is 26.2 Å². The van der Waals surface area contributed by atoms with Crippen molar-refractivity contribution in [3.05, 3.63) is 93.7 Å². The maximum absolute atomic E-state index is 14.2. The number of phenols is 1. The van der Waals surface area contributed by atoms with Gasteiger partial charge in [0.1, 0.15) is 29.0 Å². The summed E-state index contributed by atoms with van der Waals surface area (Å²) >= 11 is 1.34. The van der Waals surface area contributed by atoms with E-state index in [1.807, 2.05) is 18.2 Å². The number of amides is 3. The summed E-state index contributed by atoms with van der Waals surface area (Å²) in [6.07, 6.45) is 1.62. The van der Waals surface area contributed by atoms with E-state index in [4.69, 9.17) is 19.4 Å². The summed E-state index contributed by atoms with van der Waals surface area (Å²) in [6, 6.07) is 16.6. The fraction of sp³-hybridized carbons (Fsp3) is 0.333. The van der Waals surface area contributed by atoms with Crippen molar-refractivity contribution in [2.45, 2.75) is 56.6 Å². The van der Waals surface area contributed by atoms with Crippen molar-refractivity contribution in [1.29, 1.82) is 0 Å². The number of likely N-dealkylation sites (N-methyl/N-ethyl adjacent to an activating group) is 1. The van der Waals surface area contributed by atoms with E-state index < -0.39 is 28.1 Å². The molecule has 4 aromatic rings. The Labute approximate surface area is 295 Å². The molecule has 6 rings (SSSR count). The van der Waals surface area contributed by atoms with Crippen LogP contribution in [-0.2, 0) is 27.9 Å². The molecule has 14 heteroatoms. The maximum Gasteiger partial charge on any atom is 0.340 e. The lowest BCUT2D eigenvalue weighted by molar-refractivity contribution is -0.928. The van der Waals surface area contributed by atoms with Crippen LogP contribution in [-0.4, -0.2) is 73.9 Å². The lowest BCUT2D eigenvalue weighted by atomic mass is 9.96. The summed E-state index contributed by atoms with van der Waals surface area (Å²) in [4.78, 5) is 29.7. The van der Waals surface area contributed by atoms with Crippen molar-refractivity contribution in [1.82, 2.24) is 4.90 Å². The Morgan fingerprint density at radius 1 is 1.06 bits per heavy atom. The molecule has 1 saturated heterocycles. The first-order valence-electron chi connectivity index (χ1n) is 16.3. The van der Waals surface area contributed by atoms with E-state index in [2.05, 4.69) is 12.4 Å². The SMILES string of the molecule is Cc1csc(C)c1S(=O)(=O)Oc1ccc(NC(=O)N([C@H]2CCC[N+](C)(Cc3ccc4c(c3)OCO4)C2)[C@@H](Cc2ccc(O)cc2)C(N)=O)cc1. The van der Waals surface area contributed by atoms with Crippen molar-refractivity contribution in [2.75, 3.05) is 32.2 Å². The van der Waals surface area contributed by atoms with Crippen LogP contribution in [0.3, 0.4) is 0 Å². The number of ether oxygens (including phenoxy) is 2. The molecule has 0 radical (unpaired) electrons. The molecule has 0 aliphatic carbocycles. The molecule has 264 valence electrons. The lowest BCUT2D eigenvalue weighted by Crippen LogP contribution is -2.62. The first-order valence-corrected chi connectivity index (χ1v) is 18.6. The van der Waals surface area contributed by atoms with Crippen molar-refractivity contribution >= 4 is 39.1 Å². The standard InChI is InChI=1S/C36H40N4O8S2/c1-23-21-49-24(2)34(23)50(44,45)48-30-13-9-27(10-14-30)38-36(43)39(31(35(37)42)17-25-6-11-29(41)12-7-25)28-5-4-16-40(3,20-28)19-26-8-15-32-33(18-26)47-22-46-32/h6-15,18,21,28,31H,4-5,16-17,19-20,22H2,1-3H3,(H3-,37,38,41,42,43)/p+1/t28-,31-,40?/m0/s1. The predicted octanol–water partition coefficient (Wildman–Crippen LogP) is 5.31. The third kappa shape index (κ3) is 7.82. The number of carbonyl (C=O) groups is 2. The van der Waals surface area contributed by atoms with Crippen LogP contribution in [0.1, 0.15) is 34.4 Å². The molecule has 2 aliphatic rings. The van der Waals surface area contributed by atoms with Gasteiger partial charge in [-0.25, -0.2) is 4.79 Å². The molecule has 0 spiro atoms. The normalized spacial score (nSPS) is 19.1. The average molecular weight is 722 g/mol. The molecule has 50 heavy (non-hydrogen) atoms. The van der Waals surface area contributed by atoms with Crippen LogP contribution in [0.25, 0.3) is 0 Å². The zero-order valence-corrected chi connectivity index (χ0v) is 29.8. The van der Waals surface area contributed by atoms with E-state index in [-0.39, 0.29) is 35.7 Å². The molecule has 0 bridgehead atoms. The molecule has 3 aromatic carbocycles. The number of aryl methyl sites for hydroxylation is 2. The number of urea groups is 1. The van der Waals surface area contributed by atoms with Crippen LogP contribution in [0, 0.1) is 13.8 Å². The van der Waals surface area contributed by atoms with Gasteiger partial charge in [0.2, 0.25) is 12.7 Å². The number of benzene rings is 3. The largest absolute Gasteiger partial charge is 0.508 e. The van der Waals surface area contributed by atoms with E-state index in [0.29, 0.717) is 51.6 Å². The summed E-state index contributed by atoms with van der Waals surface area (Å²) in [5.41, 5.74) is 8.82. The van der Waals surface area contributed by atoms with E-state index >= 15 is 0 Å². The molecule has 4 N–H and O–H groups in total. The predicted molar refractivity (Wildman–Crippen MR) is 189 cm³/mol. The second-order valence-electron chi connectivity index (χ2n) is 13.2. The van der Waals surface area contributed by atoms with Gasteiger partial charge in [0.25, 0.3) is 0 Å². The third-order valence-corrected chi connectivity index (χ3v) is 11.9. The van der Waals surface area contributed by atoms with E-state index in [1.54, 1.807) is 48.4 Å². The number of rotatable bonds is 11. The van der Waals surface area contributed by atoms with Gasteiger partial charge in [-0.1, -0.05) is 12.1 Å². The Bertz CT molecular complexity index is 1960. The number of nitrogens with two attached hydrogens (primary N) is 1. The number of nitrogens with one attached hydrogen (secondary N) is 1. The number of primary amides is 1. The third-order valence-electron chi connectivity index (χ3n) is 9.20. The molecule has 12 nitrogen and oxygen atoms in total. The minimum Gasteiger partial charge on any atom is -0.508 e. The number of carbonyl (C=O) groups excluding carboxylic acids is 2. The van der Waals surface area contributed by atoms with Crippen molar-refractivity contribution in [3.63, 3.8) is 0 Å². The Kier molecular flexibility index (Phi) is 9.96. The molecular formula is C36H41N4O8S2+. The number of fused-ring (bicyclic) bond motifs is 1. The van der Waals surface area contributed by atoms with Crippen LogP contribution in [0.5, 0.6) is 23.0 Å². The average Bonchev–Trinajstić information content (AvgIpc) is 3.67. The molecule has 1 fully saturated rings. The first-order chi connectivity index (χ1) is 23.8. The first kappa shape index (κ1) is 35.1. The number of hydrogen-bond acceptors (Lipinski definition) is 9. The molecule has 3 heterocycles. The molecule has 2 aliphatic heterocycles. The molecular weight excluding hydrogens is 681 g/mol. The Morgan fingerprint density at radius 2 is 1.76 bits per heavy atom. The number of aromatic hydroxyl groups is 1. The topological polar surface area (TPSA) is 157 Å². The van der Waals surface area contributed by atoms with Gasteiger partial charge in [-0.05, 0) is 97.8 Å². The number of thiophene rings is 1. The van der Waals surface area contributed by atoms with Crippen LogP contribution in [0.2, 0.25) is 0 Å². The van der Waals surface area contributed by atoms with E-state index in [9.17, 15) is 23.1 Å². The zero-order valence-electron chi connectivity index (χ0n) is 28.1. The van der Waals surface area contributed by atoms with Crippen LogP contribution in [0.4, 0.5) is 10.5 Å². The van der Waals surface area contributed by atoms with Crippen LogP contribution < -0.4 is 24.7 Å². The van der Waals surface area contributed by atoms with Crippen molar-refractivity contribution in [2.24, 2.45) is 5.73 Å². The molecule has 1 aromatic heterocycles. The van der Waals surface area contributed by atoms with Gasteiger partial charge in [0.15, 0.2) is 11.5 Å². The smallest absolute Gasteiger partial charge is 0.340 e. The number of hydrogen-bond donors (Lipinski definition) is 3. The van der Waals surface area contributed by atoms with Crippen molar-refractivity contribution < 1.29 is 41.3 Å². The Balaban J connectivity index is 1.24. The van der Waals surface area contributed by atoms with Gasteiger partial charge in [-0.2, -0.15) is 8.42 Å². The second-order valence-corrected chi connectivity index (χ2v) is 15.7. The van der Waals surface area contributed by atoms with Gasteiger partial charge >= 0.3 is 16.1 Å². The minimum absolute atomic E-state index is 0.0867. The van der Waals surface area contributed by atoms with Crippen LogP contribution in [0.15, 0.2) is 77.0 Å². The summed E-state index contributed by atoms with van der Waals surface area (Å²) in [5, 5.41) is 14.5. The molecule has 1 unspecified atom stereocenters. The number of quaternary nitrogens is 1. The van der Waals surface area contributed by atoms with Crippen LogP contribution >= 0.6 is 11.3 Å². The number of likely N-dealkylation sites (tertiary alicyclic amines) is 1. The fourth-order valence-electron chi connectivity index (χ4n) is 6.89.